The number of nitrogens with zero attached hydrogens (tertiary/aromatic N) is 4. The molecule has 0 radical (unpaired) electrons. The first-order valence-electron chi connectivity index (χ1n) is 7.96. The predicted octanol–water partition coefficient (Wildman–Crippen LogP) is 0.809. The van der Waals surface area contributed by atoms with E-state index in [4.69, 9.17) is 11.6 Å². The van der Waals surface area contributed by atoms with Crippen LogP contribution in [0.5, 0.6) is 0 Å². The summed E-state index contributed by atoms with van der Waals surface area (Å²) in [5.74, 6) is -0.528. The first-order chi connectivity index (χ1) is 12.9. The number of nitrogens with one attached hydrogen (secondary N) is 1. The van der Waals surface area contributed by atoms with Crippen molar-refractivity contribution in [2.75, 3.05) is 13.7 Å². The van der Waals surface area contributed by atoms with Crippen molar-refractivity contribution in [3.63, 3.8) is 0 Å². The number of benzene rings is 1. The molecule has 0 unspecified atom stereocenters. The number of ether oxygens (including phenoxy) is 1. The van der Waals surface area contributed by atoms with Gasteiger partial charge in [-0.15, -0.1) is 5.10 Å². The molecule has 0 aliphatic carbocycles. The minimum atomic E-state index is -0.561. The highest BCUT2D eigenvalue weighted by Gasteiger charge is 2.17. The number of rotatable bonds is 5. The van der Waals surface area contributed by atoms with E-state index in [1.807, 2.05) is 0 Å². The monoisotopic (exact) mass is 389 g/mol. The van der Waals surface area contributed by atoms with Crippen LogP contribution in [-0.4, -0.2) is 44.7 Å². The Morgan fingerprint density at radius 1 is 1.30 bits per heavy atom. The first-order valence-corrected chi connectivity index (χ1v) is 8.34. The van der Waals surface area contributed by atoms with Gasteiger partial charge in [0.15, 0.2) is 5.82 Å². The summed E-state index contributed by atoms with van der Waals surface area (Å²) in [6.07, 6.45) is 0. The van der Waals surface area contributed by atoms with Crippen LogP contribution in [0.1, 0.15) is 5.69 Å². The number of fused-ring (bicyclic) bond motifs is 1. The van der Waals surface area contributed by atoms with E-state index in [0.717, 1.165) is 4.52 Å². The average Bonchev–Trinajstić information content (AvgIpc) is 3.09. The Balaban J connectivity index is 2.00. The highest BCUT2D eigenvalue weighted by Crippen LogP contribution is 2.24. The van der Waals surface area contributed by atoms with Crippen molar-refractivity contribution in [1.82, 2.24) is 24.5 Å². The van der Waals surface area contributed by atoms with Crippen LogP contribution < -0.4 is 10.9 Å². The molecule has 2 aromatic heterocycles. The molecule has 0 bridgehead atoms. The van der Waals surface area contributed by atoms with Gasteiger partial charge < -0.3 is 14.6 Å². The Morgan fingerprint density at radius 2 is 2.04 bits per heavy atom. The van der Waals surface area contributed by atoms with E-state index in [1.54, 1.807) is 31.2 Å². The maximum Gasteiger partial charge on any atom is 0.325 e. The number of hydrogen-bond donors (Lipinski definition) is 1. The van der Waals surface area contributed by atoms with Gasteiger partial charge >= 0.3 is 5.97 Å². The van der Waals surface area contributed by atoms with Crippen molar-refractivity contribution >= 4 is 29.3 Å². The number of hydrogen-bond acceptors (Lipinski definition) is 6. The SMILES string of the molecule is COC(=O)CNC(=O)Cn1c(C)cc(=O)n2nc(-c3ccccc3Cl)nc12. The maximum atomic E-state index is 12.3. The highest BCUT2D eigenvalue weighted by atomic mass is 35.5. The number of esters is 1. The zero-order valence-electron chi connectivity index (χ0n) is 14.6. The Labute approximate surface area is 158 Å². The standard InChI is InChI=1S/C17H16ClN5O4/c1-10-7-14(25)23-17(22(10)9-13(24)19-8-15(26)27-2)20-16(21-23)11-5-3-4-6-12(11)18/h3-7H,8-9H2,1-2H3,(H,19,24). The van der Waals surface area contributed by atoms with Crippen LogP contribution in [0.25, 0.3) is 17.2 Å². The lowest BCUT2D eigenvalue weighted by atomic mass is 10.2. The molecule has 0 saturated heterocycles. The number of halogens is 1. The van der Waals surface area contributed by atoms with Gasteiger partial charge in [-0.2, -0.15) is 9.50 Å². The van der Waals surface area contributed by atoms with Gasteiger partial charge in [0, 0.05) is 17.3 Å². The van der Waals surface area contributed by atoms with Crippen LogP contribution in [0.3, 0.4) is 0 Å². The second-order valence-corrected chi connectivity index (χ2v) is 6.10. The lowest BCUT2D eigenvalue weighted by molar-refractivity contribution is -0.141. The summed E-state index contributed by atoms with van der Waals surface area (Å²) in [4.78, 5) is 40.0. The van der Waals surface area contributed by atoms with Crippen LogP contribution >= 0.6 is 11.6 Å². The Bertz CT molecular complexity index is 1090. The third-order valence-corrected chi connectivity index (χ3v) is 4.20. The molecular formula is C17H16ClN5O4. The minimum Gasteiger partial charge on any atom is -0.468 e. The third-order valence-electron chi connectivity index (χ3n) is 3.87. The third kappa shape index (κ3) is 3.82. The molecule has 0 spiro atoms. The molecule has 2 heterocycles. The van der Waals surface area contributed by atoms with E-state index in [1.165, 1.54) is 17.7 Å². The van der Waals surface area contributed by atoms with Gasteiger partial charge in [-0.05, 0) is 19.1 Å². The van der Waals surface area contributed by atoms with Crippen LogP contribution in [0, 0.1) is 6.92 Å². The molecular weight excluding hydrogens is 374 g/mol. The van der Waals surface area contributed by atoms with Crippen molar-refractivity contribution in [3.05, 3.63) is 51.4 Å². The fourth-order valence-corrected chi connectivity index (χ4v) is 2.72. The molecule has 3 aromatic rings. The Hall–Kier alpha value is -3.20. The van der Waals surface area contributed by atoms with Gasteiger partial charge in [0.05, 0.1) is 12.1 Å². The summed E-state index contributed by atoms with van der Waals surface area (Å²) < 4.78 is 7.12. The Morgan fingerprint density at radius 3 is 2.74 bits per heavy atom. The van der Waals surface area contributed by atoms with Crippen LogP contribution in [0.2, 0.25) is 5.02 Å². The van der Waals surface area contributed by atoms with Gasteiger partial charge in [-0.1, -0.05) is 23.7 Å². The number of amides is 1. The van der Waals surface area contributed by atoms with E-state index in [-0.39, 0.29) is 30.3 Å². The molecule has 1 aromatic carbocycles. The molecule has 1 amide bonds. The second-order valence-electron chi connectivity index (χ2n) is 5.69. The topological polar surface area (TPSA) is 108 Å². The quantitative estimate of drug-likeness (QED) is 0.647. The molecule has 27 heavy (non-hydrogen) atoms. The van der Waals surface area contributed by atoms with E-state index >= 15 is 0 Å². The first kappa shape index (κ1) is 18.6. The lowest BCUT2D eigenvalue weighted by Crippen LogP contribution is -2.34. The van der Waals surface area contributed by atoms with E-state index < -0.39 is 11.9 Å². The molecule has 1 N–H and O–H groups in total. The molecule has 0 aliphatic rings. The number of carbonyl (C=O) groups excluding carboxylic acids is 2. The summed E-state index contributed by atoms with van der Waals surface area (Å²) in [6.45, 7) is 1.29. The lowest BCUT2D eigenvalue weighted by Gasteiger charge is -2.11. The van der Waals surface area contributed by atoms with Gasteiger partial charge in [-0.3, -0.25) is 14.4 Å². The van der Waals surface area contributed by atoms with Crippen LogP contribution in [0.4, 0.5) is 0 Å². The summed E-state index contributed by atoms with van der Waals surface area (Å²) in [5.41, 5.74) is 0.722. The van der Waals surface area contributed by atoms with Gasteiger partial charge in [-0.25, -0.2) is 0 Å². The summed E-state index contributed by atoms with van der Waals surface area (Å²) in [7, 11) is 1.23. The molecule has 0 fully saturated rings. The van der Waals surface area contributed by atoms with E-state index in [2.05, 4.69) is 20.1 Å². The molecule has 140 valence electrons. The van der Waals surface area contributed by atoms with Crippen molar-refractivity contribution in [3.8, 4) is 11.4 Å². The van der Waals surface area contributed by atoms with Gasteiger partial charge in [0.1, 0.15) is 13.1 Å². The second kappa shape index (κ2) is 7.58. The van der Waals surface area contributed by atoms with Crippen molar-refractivity contribution in [1.29, 1.82) is 0 Å². The molecule has 3 rings (SSSR count). The fraction of sp³-hybridized carbons (Fsp3) is 0.235. The van der Waals surface area contributed by atoms with Gasteiger partial charge in [0.2, 0.25) is 11.7 Å². The summed E-state index contributed by atoms with van der Waals surface area (Å²) in [5, 5.41) is 7.11. The molecule has 0 saturated carbocycles. The van der Waals surface area contributed by atoms with E-state index in [0.29, 0.717) is 16.3 Å². The molecule has 0 aliphatic heterocycles. The summed E-state index contributed by atoms with van der Waals surface area (Å²) in [6, 6.07) is 8.34. The zero-order valence-corrected chi connectivity index (χ0v) is 15.4. The average molecular weight is 390 g/mol. The summed E-state index contributed by atoms with van der Waals surface area (Å²) >= 11 is 6.18. The number of aryl methyl sites for hydroxylation is 1. The van der Waals surface area contributed by atoms with Crippen LogP contribution in [0.15, 0.2) is 35.1 Å². The molecule has 9 nitrogen and oxygen atoms in total. The number of aromatic nitrogens is 4. The van der Waals surface area contributed by atoms with Crippen molar-refractivity contribution in [2.45, 2.75) is 13.5 Å². The smallest absolute Gasteiger partial charge is 0.325 e. The largest absolute Gasteiger partial charge is 0.468 e. The minimum absolute atomic E-state index is 0.146. The zero-order chi connectivity index (χ0) is 19.6. The normalized spacial score (nSPS) is 10.8. The predicted molar refractivity (Wildman–Crippen MR) is 97.5 cm³/mol. The molecule has 0 atom stereocenters. The van der Waals surface area contributed by atoms with E-state index in [9.17, 15) is 14.4 Å². The van der Waals surface area contributed by atoms with Crippen molar-refractivity contribution < 1.29 is 14.3 Å². The molecule has 10 heteroatoms. The number of methoxy groups -OCH3 is 1. The highest BCUT2D eigenvalue weighted by molar-refractivity contribution is 6.33. The number of carbonyl (C=O) groups is 2. The van der Waals surface area contributed by atoms with Crippen LogP contribution in [-0.2, 0) is 20.9 Å². The Kier molecular flexibility index (Phi) is 5.22. The maximum absolute atomic E-state index is 12.3. The van der Waals surface area contributed by atoms with Crippen molar-refractivity contribution in [2.24, 2.45) is 0 Å². The fourth-order valence-electron chi connectivity index (χ4n) is 2.50. The van der Waals surface area contributed by atoms with Gasteiger partial charge in [0.25, 0.3) is 5.56 Å².